The fourth-order valence-electron chi connectivity index (χ4n) is 5.19. The molecule has 0 aliphatic heterocycles. The number of nitrogen functional groups attached to an aromatic ring is 1. The molecule has 4 N–H and O–H groups in total. The quantitative estimate of drug-likeness (QED) is 0.140. The van der Waals surface area contributed by atoms with E-state index in [9.17, 15) is 0 Å². The minimum Gasteiger partial charge on any atom is -0.399 e. The minimum atomic E-state index is 0.246. The molecule has 266 valence electrons. The first kappa shape index (κ1) is 38.0. The number of benzene rings is 5. The maximum Gasteiger partial charge on any atom is 0.174 e. The van der Waals surface area contributed by atoms with Gasteiger partial charge in [0, 0.05) is 17.1 Å². The van der Waals surface area contributed by atoms with Gasteiger partial charge in [-0.05, 0) is 95.1 Å². The molecule has 0 saturated carbocycles. The monoisotopic (exact) mass is 729 g/mol. The van der Waals surface area contributed by atoms with Gasteiger partial charge in [-0.1, -0.05) is 125 Å². The van der Waals surface area contributed by atoms with Gasteiger partial charge in [-0.15, -0.1) is 0 Å². The van der Waals surface area contributed by atoms with Crippen LogP contribution in [0.25, 0.3) is 22.1 Å². The molecule has 0 radical (unpaired) electrons. The van der Waals surface area contributed by atoms with Crippen molar-refractivity contribution >= 4 is 74.0 Å². The third kappa shape index (κ3) is 10.4. The molecule has 0 amide bonds. The smallest absolute Gasteiger partial charge is 0.174 e. The summed E-state index contributed by atoms with van der Waals surface area (Å²) in [6.07, 6.45) is 0. The molecule has 0 spiro atoms. The summed E-state index contributed by atoms with van der Waals surface area (Å²) in [7, 11) is 0. The first-order valence-corrected chi connectivity index (χ1v) is 18.2. The zero-order valence-electron chi connectivity index (χ0n) is 30.4. The van der Waals surface area contributed by atoms with E-state index >= 15 is 0 Å². The highest BCUT2D eigenvalue weighted by Crippen LogP contribution is 2.29. The topological polar surface area (TPSA) is 102 Å². The van der Waals surface area contributed by atoms with E-state index in [0.717, 1.165) is 39.1 Å². The predicted octanol–water partition coefficient (Wildman–Crippen LogP) is 12.7. The van der Waals surface area contributed by atoms with Gasteiger partial charge in [0.05, 0.1) is 22.1 Å². The Hall–Kier alpha value is -5.24. The van der Waals surface area contributed by atoms with Gasteiger partial charge in [-0.25, -0.2) is 19.9 Å². The molecule has 5 aromatic carbocycles. The van der Waals surface area contributed by atoms with E-state index in [1.165, 1.54) is 16.7 Å². The normalized spacial score (nSPS) is 10.9. The zero-order valence-corrected chi connectivity index (χ0v) is 31.9. The second-order valence-corrected chi connectivity index (χ2v) is 14.0. The molecule has 9 heteroatoms. The number of nitrogens with zero attached hydrogens (tertiary/aromatic N) is 4. The molecule has 7 nitrogen and oxygen atoms in total. The molecule has 2 heterocycles. The van der Waals surface area contributed by atoms with Crippen LogP contribution in [0.4, 0.5) is 28.7 Å². The summed E-state index contributed by atoms with van der Waals surface area (Å²) in [5.74, 6) is 3.02. The van der Waals surface area contributed by atoms with Crippen LogP contribution in [0.1, 0.15) is 76.0 Å². The fraction of sp³-hybridized carbons (Fsp3) is 0.209. The largest absolute Gasteiger partial charge is 0.399 e. The fourth-order valence-corrected chi connectivity index (χ4v) is 5.46. The van der Waals surface area contributed by atoms with Crippen LogP contribution in [0.3, 0.4) is 0 Å². The number of fused-ring (bicyclic) bond motifs is 2. The van der Waals surface area contributed by atoms with Gasteiger partial charge < -0.3 is 16.4 Å². The van der Waals surface area contributed by atoms with Gasteiger partial charge in [0.15, 0.2) is 21.9 Å². The number of hydrogen-bond donors (Lipinski definition) is 3. The number of aromatic nitrogens is 4. The number of para-hydroxylation sites is 4. The molecule has 0 unspecified atom stereocenters. The molecule has 7 rings (SSSR count). The molecule has 2 aromatic heterocycles. The van der Waals surface area contributed by atoms with E-state index in [2.05, 4.69) is 123 Å². The first-order chi connectivity index (χ1) is 25.0. The van der Waals surface area contributed by atoms with Crippen LogP contribution < -0.4 is 16.4 Å². The van der Waals surface area contributed by atoms with E-state index in [4.69, 9.17) is 38.9 Å². The van der Waals surface area contributed by atoms with E-state index in [1.807, 2.05) is 60.7 Å². The number of nitrogens with two attached hydrogens (primary N) is 1. The number of hydrogen-bond acceptors (Lipinski definition) is 7. The molecule has 0 aliphatic rings. The van der Waals surface area contributed by atoms with Gasteiger partial charge in [-0.2, -0.15) is 0 Å². The standard InChI is InChI=1S/C26H28N4.C9H13N.C8H4Cl2N2/c1-17(2)19-9-13-21(14-10-19)27-25-26(30-24-8-6-5-7-23(24)29-25)28-22-15-11-20(12-16-22)18(3)4;1-7(2)8-3-5-9(10)6-4-8;9-7-8(10)12-6-4-2-1-3-5(6)11-7/h5-18H,1-4H3,(H,27,29)(H,28,30);3-7H,10H2,1-2H3;1-4H. The van der Waals surface area contributed by atoms with Gasteiger partial charge in [0.25, 0.3) is 0 Å². The molecular formula is C43H45Cl2N7. The van der Waals surface area contributed by atoms with Crippen molar-refractivity contribution in [2.45, 2.75) is 59.3 Å². The van der Waals surface area contributed by atoms with Gasteiger partial charge >= 0.3 is 0 Å². The summed E-state index contributed by atoms with van der Waals surface area (Å²) >= 11 is 11.4. The number of rotatable bonds is 7. The molecule has 7 aromatic rings. The molecular weight excluding hydrogens is 685 g/mol. The first-order valence-electron chi connectivity index (χ1n) is 17.4. The Labute approximate surface area is 316 Å². The molecule has 0 atom stereocenters. The van der Waals surface area contributed by atoms with Crippen LogP contribution in [-0.2, 0) is 0 Å². The van der Waals surface area contributed by atoms with Crippen molar-refractivity contribution in [3.63, 3.8) is 0 Å². The highest BCUT2D eigenvalue weighted by Gasteiger charge is 2.11. The van der Waals surface area contributed by atoms with E-state index < -0.39 is 0 Å². The lowest BCUT2D eigenvalue weighted by Crippen LogP contribution is -2.03. The van der Waals surface area contributed by atoms with Gasteiger partial charge in [0.2, 0.25) is 0 Å². The molecule has 0 fully saturated rings. The lowest BCUT2D eigenvalue weighted by atomic mass is 10.0. The average Bonchev–Trinajstić information content (AvgIpc) is 3.13. The average molecular weight is 731 g/mol. The van der Waals surface area contributed by atoms with Crippen molar-refractivity contribution in [3.05, 3.63) is 148 Å². The van der Waals surface area contributed by atoms with Crippen LogP contribution >= 0.6 is 23.2 Å². The van der Waals surface area contributed by atoms with Crippen LogP contribution in [0.5, 0.6) is 0 Å². The lowest BCUT2D eigenvalue weighted by Gasteiger charge is -2.15. The Bertz CT molecular complexity index is 2070. The summed E-state index contributed by atoms with van der Waals surface area (Å²) in [5, 5.41) is 7.38. The van der Waals surface area contributed by atoms with Crippen molar-refractivity contribution in [1.82, 2.24) is 19.9 Å². The van der Waals surface area contributed by atoms with E-state index in [1.54, 1.807) is 0 Å². The second kappa shape index (κ2) is 17.8. The Morgan fingerprint density at radius 3 is 1.02 bits per heavy atom. The molecule has 0 aliphatic carbocycles. The van der Waals surface area contributed by atoms with Crippen LogP contribution in [0, 0.1) is 0 Å². The third-order valence-corrected chi connectivity index (χ3v) is 8.97. The molecule has 0 saturated heterocycles. The van der Waals surface area contributed by atoms with E-state index in [0.29, 0.717) is 29.4 Å². The number of nitrogens with one attached hydrogen (secondary N) is 2. The summed E-state index contributed by atoms with van der Waals surface area (Å²) in [6.45, 7) is 13.1. The van der Waals surface area contributed by atoms with Crippen LogP contribution in [-0.4, -0.2) is 19.9 Å². The Balaban J connectivity index is 0.000000193. The van der Waals surface area contributed by atoms with Crippen LogP contribution in [0.15, 0.2) is 121 Å². The van der Waals surface area contributed by atoms with Crippen molar-refractivity contribution in [2.75, 3.05) is 16.4 Å². The van der Waals surface area contributed by atoms with Crippen LogP contribution in [0.2, 0.25) is 10.3 Å². The summed E-state index contributed by atoms with van der Waals surface area (Å²) in [6, 6.07) is 40.3. The van der Waals surface area contributed by atoms with Gasteiger partial charge in [0.1, 0.15) is 0 Å². The van der Waals surface area contributed by atoms with Crippen molar-refractivity contribution < 1.29 is 0 Å². The Morgan fingerprint density at radius 1 is 0.423 bits per heavy atom. The summed E-state index contributed by atoms with van der Waals surface area (Å²) < 4.78 is 0. The second-order valence-electron chi connectivity index (χ2n) is 13.3. The number of halogens is 2. The minimum absolute atomic E-state index is 0.246. The van der Waals surface area contributed by atoms with Crippen molar-refractivity contribution in [1.29, 1.82) is 0 Å². The molecule has 0 bridgehead atoms. The number of anilines is 5. The maximum atomic E-state index is 5.68. The lowest BCUT2D eigenvalue weighted by molar-refractivity contribution is 0.867. The highest BCUT2D eigenvalue weighted by molar-refractivity contribution is 6.40. The van der Waals surface area contributed by atoms with E-state index in [-0.39, 0.29) is 10.3 Å². The summed E-state index contributed by atoms with van der Waals surface area (Å²) in [4.78, 5) is 17.8. The maximum absolute atomic E-state index is 5.68. The van der Waals surface area contributed by atoms with Crippen molar-refractivity contribution in [2.24, 2.45) is 0 Å². The SMILES string of the molecule is CC(C)c1ccc(N)cc1.CC(C)c1ccc(Nc2nc3ccccc3nc2Nc2ccc(C(C)C)cc2)cc1.Clc1nc2ccccc2nc1Cl. The Kier molecular flexibility index (Phi) is 13.0. The Morgan fingerprint density at radius 2 is 0.712 bits per heavy atom. The summed E-state index contributed by atoms with van der Waals surface area (Å²) in [5.41, 5.74) is 15.5. The van der Waals surface area contributed by atoms with Gasteiger partial charge in [-0.3, -0.25) is 0 Å². The predicted molar refractivity (Wildman–Crippen MR) is 222 cm³/mol. The third-order valence-electron chi connectivity index (χ3n) is 8.34. The zero-order chi connectivity index (χ0) is 37.2. The highest BCUT2D eigenvalue weighted by atomic mass is 35.5. The van der Waals surface area contributed by atoms with Crippen molar-refractivity contribution in [3.8, 4) is 0 Å². The molecule has 52 heavy (non-hydrogen) atoms.